The highest BCUT2D eigenvalue weighted by atomic mass is 16.3. The molecule has 3 rings (SSSR count). The molecule has 0 saturated carbocycles. The van der Waals surface area contributed by atoms with E-state index in [9.17, 15) is 5.11 Å². The SMILES string of the molecule is CN1CCC(Cc2cn3c(n2)C(CO)CCC3)C1. The van der Waals surface area contributed by atoms with E-state index in [1.807, 2.05) is 0 Å². The van der Waals surface area contributed by atoms with Crippen LogP contribution in [0.2, 0.25) is 0 Å². The second-order valence-corrected chi connectivity index (χ2v) is 5.93. The molecule has 0 radical (unpaired) electrons. The van der Waals surface area contributed by atoms with E-state index in [0.717, 1.165) is 31.1 Å². The normalized spacial score (nSPS) is 28.6. The van der Waals surface area contributed by atoms with Crippen molar-refractivity contribution < 1.29 is 5.11 Å². The van der Waals surface area contributed by atoms with Gasteiger partial charge in [0.15, 0.2) is 0 Å². The monoisotopic (exact) mass is 249 g/mol. The van der Waals surface area contributed by atoms with Crippen LogP contribution in [-0.4, -0.2) is 46.3 Å². The molecule has 2 aliphatic rings. The van der Waals surface area contributed by atoms with Crippen LogP contribution in [0.4, 0.5) is 0 Å². The first-order valence-corrected chi connectivity index (χ1v) is 7.11. The molecule has 4 heteroatoms. The number of aromatic nitrogens is 2. The van der Waals surface area contributed by atoms with Crippen molar-refractivity contribution in [1.82, 2.24) is 14.5 Å². The summed E-state index contributed by atoms with van der Waals surface area (Å²) in [5, 5.41) is 9.41. The molecule has 3 heterocycles. The highest BCUT2D eigenvalue weighted by Crippen LogP contribution is 2.27. The van der Waals surface area contributed by atoms with Crippen LogP contribution in [0.5, 0.6) is 0 Å². The van der Waals surface area contributed by atoms with Crippen LogP contribution in [0.1, 0.15) is 36.7 Å². The molecule has 4 nitrogen and oxygen atoms in total. The van der Waals surface area contributed by atoms with Gasteiger partial charge in [-0.25, -0.2) is 4.98 Å². The molecule has 1 saturated heterocycles. The Labute approximate surface area is 109 Å². The number of hydrogen-bond donors (Lipinski definition) is 1. The van der Waals surface area contributed by atoms with Crippen LogP contribution >= 0.6 is 0 Å². The molecule has 1 N–H and O–H groups in total. The number of fused-ring (bicyclic) bond motifs is 1. The summed E-state index contributed by atoms with van der Waals surface area (Å²) in [5.41, 5.74) is 1.23. The van der Waals surface area contributed by atoms with Gasteiger partial charge in [0.1, 0.15) is 5.82 Å². The van der Waals surface area contributed by atoms with Crippen molar-refractivity contribution in [2.75, 3.05) is 26.7 Å². The van der Waals surface area contributed by atoms with Gasteiger partial charge in [-0.3, -0.25) is 0 Å². The van der Waals surface area contributed by atoms with Gasteiger partial charge in [0.05, 0.1) is 12.3 Å². The molecule has 0 amide bonds. The Morgan fingerprint density at radius 3 is 3.00 bits per heavy atom. The number of aryl methyl sites for hydroxylation is 1. The molecule has 2 unspecified atom stereocenters. The van der Waals surface area contributed by atoms with Gasteiger partial charge in [-0.05, 0) is 45.2 Å². The molecule has 0 spiro atoms. The van der Waals surface area contributed by atoms with Crippen LogP contribution in [0, 0.1) is 5.92 Å². The van der Waals surface area contributed by atoms with Crippen molar-refractivity contribution in [1.29, 1.82) is 0 Å². The number of aliphatic hydroxyl groups is 1. The summed E-state index contributed by atoms with van der Waals surface area (Å²) >= 11 is 0. The first-order valence-electron chi connectivity index (χ1n) is 7.11. The van der Waals surface area contributed by atoms with E-state index in [2.05, 4.69) is 22.7 Å². The number of rotatable bonds is 3. The minimum absolute atomic E-state index is 0.239. The summed E-state index contributed by atoms with van der Waals surface area (Å²) in [6.45, 7) is 3.73. The van der Waals surface area contributed by atoms with Crippen molar-refractivity contribution in [3.05, 3.63) is 17.7 Å². The van der Waals surface area contributed by atoms with Crippen LogP contribution in [0.3, 0.4) is 0 Å². The van der Waals surface area contributed by atoms with Crippen molar-refractivity contribution in [2.45, 2.75) is 38.1 Å². The summed E-state index contributed by atoms with van der Waals surface area (Å²) in [6, 6.07) is 0. The van der Waals surface area contributed by atoms with Crippen molar-refractivity contribution in [2.24, 2.45) is 5.92 Å². The van der Waals surface area contributed by atoms with Gasteiger partial charge >= 0.3 is 0 Å². The Kier molecular flexibility index (Phi) is 3.39. The van der Waals surface area contributed by atoms with Gasteiger partial charge in [-0.1, -0.05) is 0 Å². The van der Waals surface area contributed by atoms with Gasteiger partial charge in [0.25, 0.3) is 0 Å². The Hall–Kier alpha value is -0.870. The predicted octanol–water partition coefficient (Wildman–Crippen LogP) is 1.25. The van der Waals surface area contributed by atoms with Gasteiger partial charge < -0.3 is 14.6 Å². The predicted molar refractivity (Wildman–Crippen MR) is 70.6 cm³/mol. The fraction of sp³-hybridized carbons (Fsp3) is 0.786. The van der Waals surface area contributed by atoms with Crippen molar-refractivity contribution >= 4 is 0 Å². The van der Waals surface area contributed by atoms with E-state index in [4.69, 9.17) is 4.98 Å². The fourth-order valence-electron chi connectivity index (χ4n) is 3.39. The number of nitrogens with zero attached hydrogens (tertiary/aromatic N) is 3. The molecule has 2 atom stereocenters. The molecule has 100 valence electrons. The van der Waals surface area contributed by atoms with Gasteiger partial charge in [-0.2, -0.15) is 0 Å². The Bertz CT molecular complexity index is 415. The topological polar surface area (TPSA) is 41.3 Å². The van der Waals surface area contributed by atoms with E-state index in [1.54, 1.807) is 0 Å². The molecule has 1 aromatic heterocycles. The minimum atomic E-state index is 0.239. The van der Waals surface area contributed by atoms with Gasteiger partial charge in [0.2, 0.25) is 0 Å². The van der Waals surface area contributed by atoms with Crippen LogP contribution < -0.4 is 0 Å². The zero-order valence-corrected chi connectivity index (χ0v) is 11.2. The van der Waals surface area contributed by atoms with Crippen molar-refractivity contribution in [3.8, 4) is 0 Å². The maximum absolute atomic E-state index is 9.41. The van der Waals surface area contributed by atoms with E-state index < -0.39 is 0 Å². The lowest BCUT2D eigenvalue weighted by molar-refractivity contribution is 0.238. The highest BCUT2D eigenvalue weighted by Gasteiger charge is 2.25. The Morgan fingerprint density at radius 1 is 1.39 bits per heavy atom. The molecule has 0 bridgehead atoms. The largest absolute Gasteiger partial charge is 0.396 e. The Balaban J connectivity index is 1.72. The van der Waals surface area contributed by atoms with Gasteiger partial charge in [-0.15, -0.1) is 0 Å². The third-order valence-corrected chi connectivity index (χ3v) is 4.38. The third-order valence-electron chi connectivity index (χ3n) is 4.38. The number of hydrogen-bond acceptors (Lipinski definition) is 3. The zero-order valence-electron chi connectivity index (χ0n) is 11.2. The molecule has 0 aliphatic carbocycles. The molecular weight excluding hydrogens is 226 g/mol. The first-order chi connectivity index (χ1) is 8.76. The molecule has 0 aromatic carbocycles. The van der Waals surface area contributed by atoms with Crippen LogP contribution in [-0.2, 0) is 13.0 Å². The maximum Gasteiger partial charge on any atom is 0.114 e. The fourth-order valence-corrected chi connectivity index (χ4v) is 3.39. The average molecular weight is 249 g/mol. The third kappa shape index (κ3) is 2.31. The number of imidazole rings is 1. The lowest BCUT2D eigenvalue weighted by Crippen LogP contribution is -2.18. The molecule has 1 aromatic rings. The van der Waals surface area contributed by atoms with E-state index in [0.29, 0.717) is 0 Å². The van der Waals surface area contributed by atoms with Crippen molar-refractivity contribution in [3.63, 3.8) is 0 Å². The summed E-state index contributed by atoms with van der Waals surface area (Å²) in [5.74, 6) is 2.14. The molecule has 18 heavy (non-hydrogen) atoms. The van der Waals surface area contributed by atoms with Crippen LogP contribution in [0.25, 0.3) is 0 Å². The number of likely N-dealkylation sites (tertiary alicyclic amines) is 1. The second-order valence-electron chi connectivity index (χ2n) is 5.93. The summed E-state index contributed by atoms with van der Waals surface area (Å²) < 4.78 is 2.26. The summed E-state index contributed by atoms with van der Waals surface area (Å²) in [4.78, 5) is 7.18. The quantitative estimate of drug-likeness (QED) is 0.876. The standard InChI is InChI=1S/C14H23N3O/c1-16-6-4-11(8-16)7-13-9-17-5-2-3-12(10-18)14(17)15-13/h9,11-12,18H,2-8,10H2,1H3. The highest BCUT2D eigenvalue weighted by molar-refractivity contribution is 5.11. The maximum atomic E-state index is 9.41. The Morgan fingerprint density at radius 2 is 2.28 bits per heavy atom. The molecule has 1 fully saturated rings. The van der Waals surface area contributed by atoms with E-state index in [1.165, 1.54) is 31.6 Å². The smallest absolute Gasteiger partial charge is 0.114 e. The average Bonchev–Trinajstić information content (AvgIpc) is 2.94. The van der Waals surface area contributed by atoms with E-state index >= 15 is 0 Å². The first kappa shape index (κ1) is 12.2. The molecule has 2 aliphatic heterocycles. The minimum Gasteiger partial charge on any atom is -0.396 e. The second kappa shape index (κ2) is 5.02. The summed E-state index contributed by atoms with van der Waals surface area (Å²) in [7, 11) is 2.19. The molecular formula is C14H23N3O. The lowest BCUT2D eigenvalue weighted by atomic mass is 10.0. The number of aliphatic hydroxyl groups excluding tert-OH is 1. The zero-order chi connectivity index (χ0) is 12.5. The van der Waals surface area contributed by atoms with Gasteiger partial charge in [0, 0.05) is 25.2 Å². The van der Waals surface area contributed by atoms with Crippen LogP contribution in [0.15, 0.2) is 6.20 Å². The van der Waals surface area contributed by atoms with E-state index in [-0.39, 0.29) is 12.5 Å². The lowest BCUT2D eigenvalue weighted by Gasteiger charge is -2.21. The summed E-state index contributed by atoms with van der Waals surface area (Å²) in [6.07, 6.45) is 6.86.